The minimum atomic E-state index is -2.36. The van der Waals surface area contributed by atoms with Gasteiger partial charge in [0.2, 0.25) is 0 Å². The molecule has 30 saturated heterocycles. The van der Waals surface area contributed by atoms with E-state index in [1.54, 1.807) is 0 Å². The van der Waals surface area contributed by atoms with Crippen molar-refractivity contribution in [2.75, 3.05) is 78.9 Å². The summed E-state index contributed by atoms with van der Waals surface area (Å²) < 4.78 is 105. The maximum absolute atomic E-state index is 14.1. The highest BCUT2D eigenvalue weighted by atomic mass is 16.8. The third kappa shape index (κ3) is 17.9. The van der Waals surface area contributed by atoms with Gasteiger partial charge in [0, 0.05) is 19.2 Å². The first-order valence-corrected chi connectivity index (χ1v) is 35.9. The van der Waals surface area contributed by atoms with Gasteiger partial charge in [-0.05, 0) is 17.7 Å². The number of benzene rings is 1. The molecule has 30 fully saturated rings. The number of aromatic nitrogens is 4. The van der Waals surface area contributed by atoms with Crippen molar-refractivity contribution in [3.63, 3.8) is 0 Å². The molecule has 27 N–H and O–H groups in total. The third-order valence-corrected chi connectivity index (χ3v) is 20.9. The third-order valence-electron chi connectivity index (χ3n) is 20.9. The van der Waals surface area contributed by atoms with Crippen LogP contribution in [0.3, 0.4) is 0 Å². The van der Waals surface area contributed by atoms with Crippen molar-refractivity contribution in [2.45, 2.75) is 252 Å². The Morgan fingerprint density at radius 2 is 0.664 bits per heavy atom. The van der Waals surface area contributed by atoms with Gasteiger partial charge in [-0.25, -0.2) is 4.79 Å². The Labute approximate surface area is 636 Å². The van der Waals surface area contributed by atoms with Crippen molar-refractivity contribution in [1.82, 2.24) is 24.8 Å². The molecule has 0 saturated carbocycles. The lowest BCUT2D eigenvalue weighted by Gasteiger charge is -2.50. The van der Waals surface area contributed by atoms with Crippen LogP contribution >= 0.6 is 0 Å². The molecule has 30 aliphatic heterocycles. The number of ether oxygens (including phenoxy) is 18. The molecule has 0 aliphatic carbocycles. The number of anilines is 1. The fourth-order valence-corrected chi connectivity index (χ4v) is 14.6. The van der Waals surface area contributed by atoms with Gasteiger partial charge in [-0.3, -0.25) is 9.36 Å². The summed E-state index contributed by atoms with van der Waals surface area (Å²) in [5.41, 5.74) is 6.04. The number of amides is 1. The number of aliphatic hydroxyl groups is 23. The molecule has 0 unspecified atom stereocenters. The molecule has 49 heteroatoms. The molecule has 30 aliphatic rings. The van der Waals surface area contributed by atoms with Crippen molar-refractivity contribution in [3.8, 4) is 6.01 Å². The van der Waals surface area contributed by atoms with Crippen molar-refractivity contribution in [1.29, 1.82) is 0 Å². The number of carbonyl (C=O) groups excluding carboxylic acids is 1. The zero-order valence-corrected chi connectivity index (χ0v) is 59.6. The molecule has 640 valence electrons. The monoisotopic (exact) mass is 1640 g/mol. The van der Waals surface area contributed by atoms with Crippen LogP contribution in [0, 0.1) is 0 Å². The second kappa shape index (κ2) is 37.5. The Kier molecular flexibility index (Phi) is 29.0. The van der Waals surface area contributed by atoms with Gasteiger partial charge in [0.25, 0.3) is 5.91 Å². The molecule has 1 amide bonds. The smallest absolute Gasteiger partial charge is 0.328 e. The van der Waals surface area contributed by atoms with E-state index in [0.717, 1.165) is 0 Å². The summed E-state index contributed by atoms with van der Waals surface area (Å²) in [6.45, 7) is -8.53. The molecule has 3 aromatic rings. The van der Waals surface area contributed by atoms with Crippen LogP contribution in [0.25, 0.3) is 11.2 Å². The highest BCUT2D eigenvalue weighted by Gasteiger charge is 2.61. The average Bonchev–Trinajstić information content (AvgIpc) is 1.74. The molecular formula is C64H96N6O43. The summed E-state index contributed by atoms with van der Waals surface area (Å²) in [5.74, 6) is -0.969. The zero-order valence-electron chi connectivity index (χ0n) is 59.6. The number of aromatic amines is 1. The number of nitrogens with one attached hydrogen (secondary N) is 2. The number of fused-ring (bicyclic) bond motifs is 1. The van der Waals surface area contributed by atoms with Crippen molar-refractivity contribution < 1.29 is 208 Å². The van der Waals surface area contributed by atoms with Crippen molar-refractivity contribution in [2.24, 2.45) is 0 Å². The number of imidazole rings is 1. The lowest BCUT2D eigenvalue weighted by atomic mass is 9.94. The minimum Gasteiger partial charge on any atom is -0.461 e. The van der Waals surface area contributed by atoms with Crippen LogP contribution < -0.4 is 21.5 Å². The van der Waals surface area contributed by atoms with Gasteiger partial charge >= 0.3 is 11.7 Å². The van der Waals surface area contributed by atoms with Crippen LogP contribution in [-0.2, 0) is 87.1 Å². The van der Waals surface area contributed by atoms with E-state index in [9.17, 15) is 127 Å². The van der Waals surface area contributed by atoms with Gasteiger partial charge in [0.05, 0.1) is 59.4 Å². The van der Waals surface area contributed by atoms with E-state index in [1.165, 1.54) is 35.9 Å². The highest BCUT2D eigenvalue weighted by molar-refractivity contribution is 5.94. The maximum atomic E-state index is 14.1. The lowest BCUT2D eigenvalue weighted by Crippen LogP contribution is -2.69. The summed E-state index contributed by atoms with van der Waals surface area (Å²) in [4.78, 5) is 38.3. The van der Waals surface area contributed by atoms with E-state index in [0.29, 0.717) is 5.56 Å². The van der Waals surface area contributed by atoms with E-state index in [4.69, 9.17) is 91.0 Å². The Balaban J connectivity index is 0.812. The van der Waals surface area contributed by atoms with Gasteiger partial charge in [0.1, 0.15) is 207 Å². The fraction of sp³-hybridized carbons (Fsp3) is 0.812. The number of methoxy groups -OCH3 is 1. The minimum absolute atomic E-state index is 0.0525. The number of nitrogen functional groups attached to an aromatic ring is 1. The van der Waals surface area contributed by atoms with E-state index < -0.39 is 310 Å². The first-order valence-electron chi connectivity index (χ1n) is 35.9. The maximum Gasteiger partial charge on any atom is 0.328 e. The lowest BCUT2D eigenvalue weighted by molar-refractivity contribution is -0.403. The Morgan fingerprint density at radius 1 is 0.398 bits per heavy atom. The molecule has 0 spiro atoms. The van der Waals surface area contributed by atoms with E-state index in [1.807, 2.05) is 0 Å². The molecule has 49 nitrogen and oxygen atoms in total. The van der Waals surface area contributed by atoms with Gasteiger partial charge in [-0.1, -0.05) is 12.1 Å². The second-order valence-electron chi connectivity index (χ2n) is 28.1. The largest absolute Gasteiger partial charge is 0.461 e. The van der Waals surface area contributed by atoms with Crippen LogP contribution in [0.4, 0.5) is 5.82 Å². The van der Waals surface area contributed by atoms with Gasteiger partial charge < -0.3 is 219 Å². The molecule has 32 heterocycles. The van der Waals surface area contributed by atoms with Crippen LogP contribution in [0.2, 0.25) is 0 Å². The van der Waals surface area contributed by atoms with Gasteiger partial charge in [0.15, 0.2) is 61.8 Å². The summed E-state index contributed by atoms with van der Waals surface area (Å²) in [5, 5.41) is 263. The number of rotatable bonds is 16. The molecule has 16 bridgehead atoms. The molecule has 2 aromatic heterocycles. The highest BCUT2D eigenvalue weighted by Crippen LogP contribution is 2.40. The Hall–Kier alpha value is -4.96. The second-order valence-corrected chi connectivity index (χ2v) is 28.1. The molecule has 40 atom stereocenters. The number of carbonyl (C=O) groups is 1. The number of hydrogen-bond donors (Lipinski definition) is 26. The standard InChI is InChI=1S/C64H96N6O43/c1-96-6-7-97-63-68-52(65)27-53(69-63)70(64(95)67-27)9-17-2-4-18(5-3-17)54(94)66-8-19-44-28(78)36(86)55(98-19)107-45-20(10-71)100-57(38(88)30(45)80)109-47-22(12-73)102-59(40(90)32(47)82)111-49-24(14-75)104-61(42(92)34(49)84)113-51-26(16-77)105-62(43(93)35(51)85)112-50-25(15-76)103-60(41(91)33(50)83)110-48-23(13-74)101-58(39(89)31(48)81)108-46-21(11-72)99-56(106-44)37(87)29(46)79/h2-5,19-26,28-51,55-62,71-93H,6-16H2,1H3,(H,66,94)(H,67,95)(H2,65,68,69)/t19-,20-,21-,22-,23-,24-,25-,26-,28-,29-,30-,31-,32-,33-,34-,35-,36-,37-,38-,39-,40-,41-,42-,43-,44-,45-,46-,47-,48-,49-,50-,51-,55-,56-,57-,58-,59-,60-,61-,62-/m1/s1. The summed E-state index contributed by atoms with van der Waals surface area (Å²) in [6.07, 6.45) is -84.6. The predicted molar refractivity (Wildman–Crippen MR) is 352 cm³/mol. The molecule has 0 radical (unpaired) electrons. The predicted octanol–water partition coefficient (Wildman–Crippen LogP) is -16.9. The van der Waals surface area contributed by atoms with Crippen LogP contribution in [0.15, 0.2) is 29.1 Å². The summed E-state index contributed by atoms with van der Waals surface area (Å²) in [7, 11) is 1.45. The number of nitrogens with two attached hydrogens (primary N) is 1. The van der Waals surface area contributed by atoms with Gasteiger partial charge in [-0.15, -0.1) is 0 Å². The number of H-pyrrole nitrogens is 1. The number of nitrogens with zero attached hydrogens (tertiary/aromatic N) is 3. The van der Waals surface area contributed by atoms with E-state index >= 15 is 0 Å². The summed E-state index contributed by atoms with van der Waals surface area (Å²) >= 11 is 0. The number of aliphatic hydroxyl groups excluding tert-OH is 23. The quantitative estimate of drug-likeness (QED) is 0.0592. The van der Waals surface area contributed by atoms with Crippen LogP contribution in [0.5, 0.6) is 6.01 Å². The SMILES string of the molecule is COCCOc1nc(N)c2[nH]c(=O)n(Cc3ccc(C(=O)NC[C@H]4O[C@@H]5O[C@H]6[C@H](O)[C@@H](O)[C@@H](O[C@H]7[C@H](O)[C@@H](O)[C@@H](O[C@H]8[C@H](O)[C@@H](O)[C@@H](O[C@H]9[C@H](O)[C@@H](O)[C@@H](O[C@H]%10[C@H](O)[C@@H](O)[C@@H](O[C@H]%11[C@H](O)[C@@H](O)[C@@H](O[C@H]%12[C@H](O)[C@@H](O)[C@@H](O[C@H]4[C@H](O)[C@H]5O)O[C@@H]%12CO)O[C@@H]%11CO)O[C@@H]%10CO)O[C@@H]9CO)O[C@@H]8CO)O[C@@H]7CO)O[C@@H]6CO)cc3)c2n1. The molecular weight excluding hydrogens is 1540 g/mol. The van der Waals surface area contributed by atoms with E-state index in [-0.39, 0.29) is 48.3 Å². The Bertz CT molecular complexity index is 3590. The Morgan fingerprint density at radius 3 is 0.929 bits per heavy atom. The topological polar surface area (TPSA) is 750 Å². The average molecular weight is 1640 g/mol. The van der Waals surface area contributed by atoms with Crippen LogP contribution in [-0.4, -0.2) is 462 Å². The molecule has 113 heavy (non-hydrogen) atoms. The van der Waals surface area contributed by atoms with Gasteiger partial charge in [-0.2, -0.15) is 9.97 Å². The fourth-order valence-electron chi connectivity index (χ4n) is 14.6. The van der Waals surface area contributed by atoms with E-state index in [2.05, 4.69) is 20.3 Å². The number of hydrogen-bond acceptors (Lipinski definition) is 46. The van der Waals surface area contributed by atoms with Crippen molar-refractivity contribution >= 4 is 22.9 Å². The zero-order chi connectivity index (χ0) is 81.5. The van der Waals surface area contributed by atoms with Crippen molar-refractivity contribution in [3.05, 3.63) is 45.9 Å². The summed E-state index contributed by atoms with van der Waals surface area (Å²) in [6, 6.07) is 5.48. The normalized spacial score (nSPS) is 45.7. The first kappa shape index (κ1) is 87.4. The van der Waals surface area contributed by atoms with Crippen LogP contribution in [0.1, 0.15) is 15.9 Å². The molecule has 1 aromatic carbocycles. The first-order chi connectivity index (χ1) is 54.0. The molecule has 33 rings (SSSR count).